The van der Waals surface area contributed by atoms with Gasteiger partial charge in [0.1, 0.15) is 0 Å². The highest BCUT2D eigenvalue weighted by molar-refractivity contribution is 6.04. The van der Waals surface area contributed by atoms with E-state index < -0.39 is 11.6 Å². The largest absolute Gasteiger partial charge is 0.469 e. The first-order valence-electron chi connectivity index (χ1n) is 12.8. The first-order valence-corrected chi connectivity index (χ1v) is 12.8. The number of aromatic nitrogens is 3. The van der Waals surface area contributed by atoms with E-state index >= 15 is 0 Å². The SMILES string of the molecule is COC(=O)C1CC2(C=C(c3c(C4CCOCC4)n(-c4ccc(F)c(F)c4)c4cc5cn[nH]c5cc34)C2)C1. The summed E-state index contributed by atoms with van der Waals surface area (Å²) in [7, 11) is 1.44. The summed E-state index contributed by atoms with van der Waals surface area (Å²) in [5.74, 6) is -1.69. The zero-order valence-corrected chi connectivity index (χ0v) is 20.5. The Labute approximate surface area is 212 Å². The highest BCUT2D eigenvalue weighted by atomic mass is 19.2. The number of allylic oxidation sites excluding steroid dienone is 2. The zero-order chi connectivity index (χ0) is 25.3. The predicted octanol–water partition coefficient (Wildman–Crippen LogP) is 6.04. The molecular weight excluding hydrogens is 476 g/mol. The standard InChI is InChI=1S/C29H27F2N3O3/c1-36-28(35)19-13-29(14-19)11-18(12-29)26-21-10-24-17(15-32-33-24)8-25(21)34(20-2-3-22(30)23(31)9-20)27(26)16-4-6-37-7-5-16/h2-3,8-11,15-16,19H,4-7,12-14H2,1H3,(H,32,33). The molecule has 0 amide bonds. The topological polar surface area (TPSA) is 69.1 Å². The van der Waals surface area contributed by atoms with E-state index in [-0.39, 0.29) is 23.2 Å². The lowest BCUT2D eigenvalue weighted by molar-refractivity contribution is -0.152. The number of nitrogens with zero attached hydrogens (tertiary/aromatic N) is 2. The maximum absolute atomic E-state index is 14.5. The molecule has 0 radical (unpaired) electrons. The zero-order valence-electron chi connectivity index (χ0n) is 20.5. The van der Waals surface area contributed by atoms with Crippen LogP contribution in [0.4, 0.5) is 8.78 Å². The van der Waals surface area contributed by atoms with Crippen molar-refractivity contribution in [2.75, 3.05) is 20.3 Å². The lowest BCUT2D eigenvalue weighted by Crippen LogP contribution is -2.44. The van der Waals surface area contributed by atoms with Crippen molar-refractivity contribution in [1.82, 2.24) is 14.8 Å². The van der Waals surface area contributed by atoms with Crippen LogP contribution in [0, 0.1) is 23.0 Å². The van der Waals surface area contributed by atoms with Gasteiger partial charge in [0.15, 0.2) is 11.6 Å². The highest BCUT2D eigenvalue weighted by Crippen LogP contribution is 2.61. The molecule has 0 bridgehead atoms. The number of ether oxygens (including phenoxy) is 2. The van der Waals surface area contributed by atoms with Gasteiger partial charge >= 0.3 is 5.97 Å². The molecule has 1 N–H and O–H groups in total. The highest BCUT2D eigenvalue weighted by Gasteiger charge is 2.51. The molecule has 7 rings (SSSR count). The number of methoxy groups -OCH3 is 1. The molecule has 1 saturated carbocycles. The van der Waals surface area contributed by atoms with Crippen LogP contribution in [-0.2, 0) is 14.3 Å². The fourth-order valence-corrected chi connectivity index (χ4v) is 6.74. The lowest BCUT2D eigenvalue weighted by atomic mass is 9.52. The first kappa shape index (κ1) is 22.7. The molecule has 6 nitrogen and oxygen atoms in total. The van der Waals surface area contributed by atoms with Gasteiger partial charge in [-0.05, 0) is 67.4 Å². The van der Waals surface area contributed by atoms with E-state index in [4.69, 9.17) is 9.47 Å². The van der Waals surface area contributed by atoms with Gasteiger partial charge in [-0.15, -0.1) is 0 Å². The molecular formula is C29H27F2N3O3. The fourth-order valence-electron chi connectivity index (χ4n) is 6.74. The van der Waals surface area contributed by atoms with E-state index in [9.17, 15) is 13.6 Å². The number of halogens is 2. The maximum atomic E-state index is 14.5. The molecule has 4 aromatic rings. The number of H-pyrrole nitrogens is 1. The Hall–Kier alpha value is -3.52. The summed E-state index contributed by atoms with van der Waals surface area (Å²) < 4.78 is 41.2. The molecule has 0 unspecified atom stereocenters. The molecule has 2 aromatic carbocycles. The molecule has 37 heavy (non-hydrogen) atoms. The number of aromatic amines is 1. The van der Waals surface area contributed by atoms with Crippen LogP contribution in [0.5, 0.6) is 0 Å². The van der Waals surface area contributed by atoms with Crippen molar-refractivity contribution in [2.45, 2.75) is 38.0 Å². The Bertz CT molecular complexity index is 1590. The van der Waals surface area contributed by atoms with Gasteiger partial charge in [-0.25, -0.2) is 8.78 Å². The molecule has 1 aliphatic heterocycles. The van der Waals surface area contributed by atoms with E-state index in [1.165, 1.54) is 24.8 Å². The van der Waals surface area contributed by atoms with Crippen LogP contribution in [0.2, 0.25) is 0 Å². The summed E-state index contributed by atoms with van der Waals surface area (Å²) >= 11 is 0. The summed E-state index contributed by atoms with van der Waals surface area (Å²) in [5.41, 5.74) is 6.04. The number of hydrogen-bond donors (Lipinski definition) is 1. The van der Waals surface area contributed by atoms with Gasteiger partial charge in [0.05, 0.1) is 30.3 Å². The average molecular weight is 504 g/mol. The van der Waals surface area contributed by atoms with Crippen LogP contribution in [0.3, 0.4) is 0 Å². The van der Waals surface area contributed by atoms with Crippen LogP contribution in [0.25, 0.3) is 33.1 Å². The van der Waals surface area contributed by atoms with Gasteiger partial charge in [0.2, 0.25) is 0 Å². The summed E-state index contributed by atoms with van der Waals surface area (Å²) in [6.07, 6.45) is 8.32. The second kappa shape index (κ2) is 8.25. The minimum Gasteiger partial charge on any atom is -0.469 e. The van der Waals surface area contributed by atoms with Gasteiger partial charge in [-0.2, -0.15) is 5.10 Å². The number of esters is 1. The quantitative estimate of drug-likeness (QED) is 0.345. The second-order valence-corrected chi connectivity index (χ2v) is 10.7. The van der Waals surface area contributed by atoms with Crippen molar-refractivity contribution in [3.8, 4) is 5.69 Å². The molecule has 2 aromatic heterocycles. The van der Waals surface area contributed by atoms with Gasteiger partial charge < -0.3 is 14.0 Å². The van der Waals surface area contributed by atoms with Crippen LogP contribution >= 0.6 is 0 Å². The smallest absolute Gasteiger partial charge is 0.308 e. The molecule has 2 fully saturated rings. The van der Waals surface area contributed by atoms with Gasteiger partial charge in [0.25, 0.3) is 0 Å². The molecule has 8 heteroatoms. The lowest BCUT2D eigenvalue weighted by Gasteiger charge is -2.51. The molecule has 1 spiro atoms. The van der Waals surface area contributed by atoms with Crippen LogP contribution in [0.15, 0.2) is 42.6 Å². The van der Waals surface area contributed by atoms with Crippen LogP contribution in [0.1, 0.15) is 49.3 Å². The Kier molecular flexibility index (Phi) is 5.05. The Morgan fingerprint density at radius 1 is 1.16 bits per heavy atom. The van der Waals surface area contributed by atoms with Gasteiger partial charge in [-0.1, -0.05) is 6.08 Å². The van der Waals surface area contributed by atoms with Crippen molar-refractivity contribution < 1.29 is 23.0 Å². The van der Waals surface area contributed by atoms with Crippen molar-refractivity contribution in [2.24, 2.45) is 11.3 Å². The Balaban J connectivity index is 1.45. The van der Waals surface area contributed by atoms with Crippen molar-refractivity contribution in [1.29, 1.82) is 0 Å². The number of fused-ring (bicyclic) bond motifs is 2. The third kappa shape index (κ3) is 3.45. The van der Waals surface area contributed by atoms with E-state index in [1.807, 2.05) is 0 Å². The second-order valence-electron chi connectivity index (χ2n) is 10.7. The molecule has 0 atom stereocenters. The number of nitrogens with one attached hydrogen (secondary N) is 1. The molecule has 3 heterocycles. The third-order valence-electron chi connectivity index (χ3n) is 8.52. The van der Waals surface area contributed by atoms with E-state index in [1.54, 1.807) is 12.3 Å². The normalized spacial score (nSPS) is 23.8. The van der Waals surface area contributed by atoms with Crippen molar-refractivity contribution >= 4 is 33.3 Å². The van der Waals surface area contributed by atoms with E-state index in [0.29, 0.717) is 18.9 Å². The Morgan fingerprint density at radius 2 is 1.95 bits per heavy atom. The number of rotatable bonds is 4. The number of benzene rings is 2. The van der Waals surface area contributed by atoms with Crippen molar-refractivity contribution in [3.05, 3.63) is 65.5 Å². The predicted molar refractivity (Wildman–Crippen MR) is 135 cm³/mol. The van der Waals surface area contributed by atoms with Crippen LogP contribution < -0.4 is 0 Å². The van der Waals surface area contributed by atoms with Crippen LogP contribution in [-0.4, -0.2) is 41.1 Å². The monoisotopic (exact) mass is 503 g/mol. The molecule has 3 aliphatic rings. The number of carbonyl (C=O) groups is 1. The third-order valence-corrected chi connectivity index (χ3v) is 8.52. The molecule has 190 valence electrons. The minimum absolute atomic E-state index is 0.0362. The summed E-state index contributed by atoms with van der Waals surface area (Å²) in [6, 6.07) is 8.32. The van der Waals surface area contributed by atoms with E-state index in [0.717, 1.165) is 65.2 Å². The number of carbonyl (C=O) groups excluding carboxylic acids is 1. The van der Waals surface area contributed by atoms with E-state index in [2.05, 4.69) is 33.0 Å². The minimum atomic E-state index is -0.867. The molecule has 2 aliphatic carbocycles. The average Bonchev–Trinajstić information content (AvgIpc) is 3.45. The van der Waals surface area contributed by atoms with Gasteiger partial charge in [0, 0.05) is 52.9 Å². The fraction of sp³-hybridized carbons (Fsp3) is 0.379. The van der Waals surface area contributed by atoms with Crippen molar-refractivity contribution in [3.63, 3.8) is 0 Å². The molecule has 1 saturated heterocycles. The Morgan fingerprint density at radius 3 is 2.68 bits per heavy atom. The summed E-state index contributed by atoms with van der Waals surface area (Å²) in [5, 5.41) is 9.31. The summed E-state index contributed by atoms with van der Waals surface area (Å²) in [6.45, 7) is 1.33. The first-order chi connectivity index (χ1) is 18.0. The maximum Gasteiger partial charge on any atom is 0.308 e. The summed E-state index contributed by atoms with van der Waals surface area (Å²) in [4.78, 5) is 12.0. The number of hydrogen-bond acceptors (Lipinski definition) is 4. The van der Waals surface area contributed by atoms with Gasteiger partial charge in [-0.3, -0.25) is 9.89 Å².